The highest BCUT2D eigenvalue weighted by Gasteiger charge is 2.36. The predicted molar refractivity (Wildman–Crippen MR) is 71.8 cm³/mol. The van der Waals surface area contributed by atoms with Gasteiger partial charge in [-0.25, -0.2) is 4.39 Å². The monoisotopic (exact) mass is 268 g/mol. The lowest BCUT2D eigenvalue weighted by Gasteiger charge is -2.21. The third kappa shape index (κ3) is 2.53. The minimum Gasteiger partial charge on any atom is -0.494 e. The molecule has 0 saturated carbocycles. The van der Waals surface area contributed by atoms with Crippen LogP contribution in [0.25, 0.3) is 0 Å². The fraction of sp³-hybridized carbons (Fsp3) is 0.500. The molecule has 1 fully saturated rings. The summed E-state index contributed by atoms with van der Waals surface area (Å²) >= 11 is 1.68. The summed E-state index contributed by atoms with van der Waals surface area (Å²) in [7, 11) is 1.43. The van der Waals surface area contributed by atoms with E-state index in [-0.39, 0.29) is 22.7 Å². The number of methoxy groups -OCH3 is 1. The van der Waals surface area contributed by atoms with Crippen LogP contribution in [-0.2, 0) is 11.2 Å². The second-order valence-corrected chi connectivity index (χ2v) is 6.31. The van der Waals surface area contributed by atoms with Crippen LogP contribution < -0.4 is 4.74 Å². The van der Waals surface area contributed by atoms with Gasteiger partial charge in [0.1, 0.15) is 0 Å². The Morgan fingerprint density at radius 2 is 2.33 bits per heavy atom. The third-order valence-corrected chi connectivity index (χ3v) is 4.98. The summed E-state index contributed by atoms with van der Waals surface area (Å²) in [5.74, 6) is 0.907. The maximum Gasteiger partial charge on any atom is 0.168 e. The quantitative estimate of drug-likeness (QED) is 0.838. The lowest BCUT2D eigenvalue weighted by Crippen LogP contribution is -2.30. The molecule has 1 unspecified atom stereocenters. The summed E-state index contributed by atoms with van der Waals surface area (Å²) in [5, 5.41) is 0. The number of benzene rings is 1. The Balaban J connectivity index is 2.16. The van der Waals surface area contributed by atoms with Gasteiger partial charge in [-0.05, 0) is 37.1 Å². The lowest BCUT2D eigenvalue weighted by atomic mass is 9.95. The van der Waals surface area contributed by atoms with Crippen LogP contribution >= 0.6 is 11.8 Å². The molecule has 4 heteroatoms. The molecule has 98 valence electrons. The van der Waals surface area contributed by atoms with Crippen molar-refractivity contribution in [3.63, 3.8) is 0 Å². The van der Waals surface area contributed by atoms with Gasteiger partial charge in [-0.1, -0.05) is 12.1 Å². The predicted octanol–water partition coefficient (Wildman–Crippen LogP) is 3.23. The zero-order valence-corrected chi connectivity index (χ0v) is 11.5. The number of hydrogen-bond donors (Lipinski definition) is 0. The molecule has 0 spiro atoms. The molecule has 1 aliphatic rings. The molecule has 1 atom stereocenters. The topological polar surface area (TPSA) is 26.3 Å². The number of ether oxygens (including phenoxy) is 1. The van der Waals surface area contributed by atoms with E-state index in [0.29, 0.717) is 5.56 Å². The minimum absolute atomic E-state index is 0.108. The Morgan fingerprint density at radius 1 is 1.56 bits per heavy atom. The van der Waals surface area contributed by atoms with Crippen molar-refractivity contribution in [1.29, 1.82) is 0 Å². The van der Waals surface area contributed by atoms with Gasteiger partial charge in [-0.15, -0.1) is 11.8 Å². The first-order valence-corrected chi connectivity index (χ1v) is 7.04. The number of thioether (sulfide) groups is 1. The van der Waals surface area contributed by atoms with Crippen molar-refractivity contribution >= 4 is 17.5 Å². The highest BCUT2D eigenvalue weighted by molar-refractivity contribution is 8.01. The lowest BCUT2D eigenvalue weighted by molar-refractivity contribution is -0.120. The zero-order chi connectivity index (χ0) is 13.2. The van der Waals surface area contributed by atoms with Crippen molar-refractivity contribution in [2.45, 2.75) is 30.9 Å². The second kappa shape index (κ2) is 5.31. The Hall–Kier alpha value is -1.03. The number of ketones is 1. The van der Waals surface area contributed by atoms with Crippen molar-refractivity contribution in [3.05, 3.63) is 29.6 Å². The van der Waals surface area contributed by atoms with Gasteiger partial charge in [0.25, 0.3) is 0 Å². The largest absolute Gasteiger partial charge is 0.494 e. The molecule has 18 heavy (non-hydrogen) atoms. The summed E-state index contributed by atoms with van der Waals surface area (Å²) in [4.78, 5) is 12.3. The van der Waals surface area contributed by atoms with E-state index in [9.17, 15) is 9.18 Å². The molecule has 0 amide bonds. The van der Waals surface area contributed by atoms with Crippen molar-refractivity contribution in [1.82, 2.24) is 0 Å². The first kappa shape index (κ1) is 13.4. The van der Waals surface area contributed by atoms with Gasteiger partial charge in [-0.2, -0.15) is 0 Å². The van der Waals surface area contributed by atoms with E-state index < -0.39 is 5.82 Å². The maximum absolute atomic E-state index is 14.0. The van der Waals surface area contributed by atoms with Gasteiger partial charge in [0.05, 0.1) is 11.9 Å². The molecule has 2 rings (SSSR count). The third-order valence-electron chi connectivity index (χ3n) is 3.42. The van der Waals surface area contributed by atoms with Crippen molar-refractivity contribution in [2.75, 3.05) is 12.9 Å². The van der Waals surface area contributed by atoms with Gasteiger partial charge in [-0.3, -0.25) is 4.79 Å². The van der Waals surface area contributed by atoms with Crippen LogP contribution in [0.15, 0.2) is 18.2 Å². The average molecular weight is 268 g/mol. The Morgan fingerprint density at radius 3 is 2.94 bits per heavy atom. The van der Waals surface area contributed by atoms with Crippen LogP contribution in [0.2, 0.25) is 0 Å². The molecule has 0 N–H and O–H groups in total. The number of halogens is 1. The normalized spacial score (nSPS) is 23.1. The Kier molecular flexibility index (Phi) is 3.95. The van der Waals surface area contributed by atoms with Gasteiger partial charge in [0.15, 0.2) is 17.3 Å². The van der Waals surface area contributed by atoms with Gasteiger partial charge < -0.3 is 4.74 Å². The molecule has 0 aromatic heterocycles. The molecular formula is C14H17FO2S. The van der Waals surface area contributed by atoms with E-state index in [0.717, 1.165) is 18.6 Å². The van der Waals surface area contributed by atoms with Gasteiger partial charge in [0.2, 0.25) is 0 Å². The van der Waals surface area contributed by atoms with E-state index in [2.05, 4.69) is 0 Å². The van der Waals surface area contributed by atoms with Crippen LogP contribution in [-0.4, -0.2) is 23.4 Å². The summed E-state index contributed by atoms with van der Waals surface area (Å²) in [5.41, 5.74) is 0.424. The summed E-state index contributed by atoms with van der Waals surface area (Å²) < 4.78 is 18.5. The van der Waals surface area contributed by atoms with E-state index >= 15 is 0 Å². The summed E-state index contributed by atoms with van der Waals surface area (Å²) in [6, 6.07) is 4.93. The number of carbonyl (C=O) groups excluding carboxylic acids is 1. The number of Topliss-reactive ketones (excluding diaryl/α,β-unsaturated/α-hetero) is 1. The number of rotatable bonds is 4. The second-order valence-electron chi connectivity index (χ2n) is 4.72. The van der Waals surface area contributed by atoms with Crippen LogP contribution in [0.4, 0.5) is 4.39 Å². The van der Waals surface area contributed by atoms with Crippen molar-refractivity contribution < 1.29 is 13.9 Å². The molecule has 0 radical (unpaired) electrons. The molecule has 1 saturated heterocycles. The van der Waals surface area contributed by atoms with Crippen LogP contribution in [0.3, 0.4) is 0 Å². The highest BCUT2D eigenvalue weighted by Crippen LogP contribution is 2.39. The molecular weight excluding hydrogens is 251 g/mol. The molecule has 0 bridgehead atoms. The van der Waals surface area contributed by atoms with Crippen molar-refractivity contribution in [3.8, 4) is 5.75 Å². The summed E-state index contributed by atoms with van der Waals surface area (Å²) in [6.07, 6.45) is 2.10. The van der Waals surface area contributed by atoms with Crippen molar-refractivity contribution in [2.24, 2.45) is 0 Å². The number of carbonyl (C=O) groups is 1. The zero-order valence-electron chi connectivity index (χ0n) is 10.7. The van der Waals surface area contributed by atoms with Gasteiger partial charge >= 0.3 is 0 Å². The fourth-order valence-electron chi connectivity index (χ4n) is 2.21. The SMILES string of the molecule is COc1cccc(CC(=O)C2(C)CCCS2)c1F. The molecule has 2 nitrogen and oxygen atoms in total. The number of hydrogen-bond acceptors (Lipinski definition) is 3. The fourth-order valence-corrected chi connectivity index (χ4v) is 3.47. The van der Waals surface area contributed by atoms with E-state index in [1.54, 1.807) is 30.0 Å². The van der Waals surface area contributed by atoms with E-state index in [4.69, 9.17) is 4.74 Å². The first-order chi connectivity index (χ1) is 8.57. The molecule has 1 aromatic rings. The highest BCUT2D eigenvalue weighted by atomic mass is 32.2. The van der Waals surface area contributed by atoms with Crippen LogP contribution in [0.1, 0.15) is 25.3 Å². The van der Waals surface area contributed by atoms with Crippen LogP contribution in [0, 0.1) is 5.82 Å². The van der Waals surface area contributed by atoms with Gasteiger partial charge in [0, 0.05) is 6.42 Å². The van der Waals surface area contributed by atoms with E-state index in [1.807, 2.05) is 6.92 Å². The first-order valence-electron chi connectivity index (χ1n) is 6.05. The molecule has 1 aromatic carbocycles. The molecule has 1 aliphatic heterocycles. The maximum atomic E-state index is 14.0. The average Bonchev–Trinajstić information content (AvgIpc) is 2.80. The Labute approximate surface area is 111 Å². The smallest absolute Gasteiger partial charge is 0.168 e. The standard InChI is InChI=1S/C14H17FO2S/c1-14(7-4-8-18-14)12(16)9-10-5-3-6-11(17-2)13(10)15/h3,5-6H,4,7-9H2,1-2H3. The molecule has 1 heterocycles. The summed E-state index contributed by atoms with van der Waals surface area (Å²) in [6.45, 7) is 1.96. The molecule has 0 aliphatic carbocycles. The van der Waals surface area contributed by atoms with Crippen LogP contribution in [0.5, 0.6) is 5.75 Å². The minimum atomic E-state index is -0.417. The van der Waals surface area contributed by atoms with E-state index in [1.165, 1.54) is 7.11 Å². The Bertz CT molecular complexity index is 453.